The van der Waals surface area contributed by atoms with Crippen molar-refractivity contribution >= 4 is 0 Å². The minimum Gasteiger partial charge on any atom is -0.468 e. The Labute approximate surface area is 121 Å². The molecule has 4 nitrogen and oxygen atoms in total. The van der Waals surface area contributed by atoms with Gasteiger partial charge in [-0.25, -0.2) is 0 Å². The molecule has 2 rings (SSSR count). The topological polar surface area (TPSA) is 45.8 Å². The van der Waals surface area contributed by atoms with Gasteiger partial charge in [0.05, 0.1) is 30.1 Å². The van der Waals surface area contributed by atoms with Gasteiger partial charge in [0.1, 0.15) is 5.76 Å². The van der Waals surface area contributed by atoms with E-state index in [9.17, 15) is 5.11 Å². The fourth-order valence-electron chi connectivity index (χ4n) is 3.20. The van der Waals surface area contributed by atoms with Crippen LogP contribution in [0, 0.1) is 5.92 Å². The molecule has 0 spiro atoms. The van der Waals surface area contributed by atoms with Gasteiger partial charge in [-0.15, -0.1) is 0 Å². The molecule has 114 valence electrons. The summed E-state index contributed by atoms with van der Waals surface area (Å²) in [5, 5.41) is 10.5. The van der Waals surface area contributed by atoms with Crippen molar-refractivity contribution in [2.45, 2.75) is 58.5 Å². The molecule has 0 amide bonds. The van der Waals surface area contributed by atoms with Crippen LogP contribution in [0.5, 0.6) is 0 Å². The molecule has 1 aliphatic heterocycles. The Hall–Kier alpha value is -0.840. The van der Waals surface area contributed by atoms with Gasteiger partial charge in [-0.2, -0.15) is 0 Å². The van der Waals surface area contributed by atoms with E-state index < -0.39 is 11.7 Å². The Morgan fingerprint density at radius 3 is 2.40 bits per heavy atom. The van der Waals surface area contributed by atoms with Crippen molar-refractivity contribution in [3.8, 4) is 0 Å². The SMILES string of the molecule is CCN(Cc1ccco1)CC1C(O)C(C)(C)OC1(C)C. The largest absolute Gasteiger partial charge is 0.468 e. The first-order valence-corrected chi connectivity index (χ1v) is 7.39. The number of ether oxygens (including phenoxy) is 1. The van der Waals surface area contributed by atoms with Gasteiger partial charge >= 0.3 is 0 Å². The fraction of sp³-hybridized carbons (Fsp3) is 0.750. The fourth-order valence-corrected chi connectivity index (χ4v) is 3.20. The van der Waals surface area contributed by atoms with Gasteiger partial charge in [0.15, 0.2) is 0 Å². The molecular formula is C16H27NO3. The molecule has 4 heteroatoms. The van der Waals surface area contributed by atoms with E-state index in [1.54, 1.807) is 6.26 Å². The van der Waals surface area contributed by atoms with E-state index in [-0.39, 0.29) is 11.5 Å². The number of aliphatic hydroxyl groups excluding tert-OH is 1. The molecule has 0 aromatic carbocycles. The van der Waals surface area contributed by atoms with E-state index in [0.29, 0.717) is 0 Å². The first kappa shape index (κ1) is 15.5. The molecule has 1 aliphatic rings. The summed E-state index contributed by atoms with van der Waals surface area (Å²) in [5.41, 5.74) is -0.808. The lowest BCUT2D eigenvalue weighted by Crippen LogP contribution is -2.43. The summed E-state index contributed by atoms with van der Waals surface area (Å²) in [5.74, 6) is 1.05. The molecule has 0 radical (unpaired) electrons. The lowest BCUT2D eigenvalue weighted by atomic mass is 9.84. The highest BCUT2D eigenvalue weighted by Crippen LogP contribution is 2.42. The summed E-state index contributed by atoms with van der Waals surface area (Å²) >= 11 is 0. The molecule has 0 saturated carbocycles. The molecule has 0 bridgehead atoms. The molecule has 2 unspecified atom stereocenters. The van der Waals surface area contributed by atoms with Crippen LogP contribution in [0.2, 0.25) is 0 Å². The highest BCUT2D eigenvalue weighted by molar-refractivity contribution is 5.03. The molecule has 1 fully saturated rings. The van der Waals surface area contributed by atoms with Gasteiger partial charge in [-0.05, 0) is 46.4 Å². The van der Waals surface area contributed by atoms with Gasteiger partial charge in [-0.3, -0.25) is 4.90 Å². The molecule has 1 saturated heterocycles. The van der Waals surface area contributed by atoms with Crippen LogP contribution >= 0.6 is 0 Å². The molecule has 20 heavy (non-hydrogen) atoms. The summed E-state index contributed by atoms with van der Waals surface area (Å²) < 4.78 is 11.5. The molecular weight excluding hydrogens is 254 g/mol. The maximum atomic E-state index is 10.5. The zero-order valence-electron chi connectivity index (χ0n) is 13.2. The lowest BCUT2D eigenvalue weighted by molar-refractivity contribution is -0.0914. The second-order valence-corrected chi connectivity index (χ2v) is 6.77. The average molecular weight is 281 g/mol. The van der Waals surface area contributed by atoms with Crippen LogP contribution in [-0.4, -0.2) is 40.4 Å². The summed E-state index contributed by atoms with van der Waals surface area (Å²) in [4.78, 5) is 2.29. The minimum atomic E-state index is -0.488. The molecule has 2 atom stereocenters. The number of furan rings is 1. The number of aliphatic hydroxyl groups is 1. The monoisotopic (exact) mass is 281 g/mol. The number of hydrogen-bond acceptors (Lipinski definition) is 4. The Balaban J connectivity index is 2.06. The maximum absolute atomic E-state index is 10.5. The van der Waals surface area contributed by atoms with Crippen molar-refractivity contribution in [1.29, 1.82) is 0 Å². The highest BCUT2D eigenvalue weighted by atomic mass is 16.5. The lowest BCUT2D eigenvalue weighted by Gasteiger charge is -2.31. The summed E-state index contributed by atoms with van der Waals surface area (Å²) in [6.07, 6.45) is 1.24. The third-order valence-corrected chi connectivity index (χ3v) is 4.37. The van der Waals surface area contributed by atoms with Crippen molar-refractivity contribution in [1.82, 2.24) is 4.90 Å². The Kier molecular flexibility index (Phi) is 4.28. The molecule has 2 heterocycles. The standard InChI is InChI=1S/C16H27NO3/c1-6-17(10-12-8-7-9-19-12)11-13-14(18)16(4,5)20-15(13,2)3/h7-9,13-14,18H,6,10-11H2,1-5H3. The third kappa shape index (κ3) is 3.08. The normalized spacial score (nSPS) is 28.1. The minimum absolute atomic E-state index is 0.0902. The smallest absolute Gasteiger partial charge is 0.117 e. The van der Waals surface area contributed by atoms with E-state index in [2.05, 4.69) is 25.7 Å². The van der Waals surface area contributed by atoms with E-state index >= 15 is 0 Å². The van der Waals surface area contributed by atoms with Crippen LogP contribution in [0.1, 0.15) is 40.4 Å². The quantitative estimate of drug-likeness (QED) is 0.901. The predicted molar refractivity (Wildman–Crippen MR) is 78.4 cm³/mol. The summed E-state index contributed by atoms with van der Waals surface area (Å²) in [6, 6.07) is 3.89. The van der Waals surface area contributed by atoms with E-state index in [4.69, 9.17) is 9.15 Å². The van der Waals surface area contributed by atoms with E-state index in [0.717, 1.165) is 25.4 Å². The van der Waals surface area contributed by atoms with Gasteiger partial charge in [0, 0.05) is 12.5 Å². The zero-order chi connectivity index (χ0) is 15.0. The number of hydrogen-bond donors (Lipinski definition) is 1. The Morgan fingerprint density at radius 2 is 1.95 bits per heavy atom. The zero-order valence-corrected chi connectivity index (χ0v) is 13.2. The average Bonchev–Trinajstić information content (AvgIpc) is 2.88. The molecule has 1 aromatic heterocycles. The first-order valence-electron chi connectivity index (χ1n) is 7.39. The van der Waals surface area contributed by atoms with Gasteiger partial charge in [0.25, 0.3) is 0 Å². The molecule has 0 aliphatic carbocycles. The summed E-state index contributed by atoms with van der Waals surface area (Å²) in [7, 11) is 0. The van der Waals surface area contributed by atoms with Crippen molar-refractivity contribution < 1.29 is 14.3 Å². The van der Waals surface area contributed by atoms with Crippen LogP contribution in [0.3, 0.4) is 0 Å². The van der Waals surface area contributed by atoms with Crippen molar-refractivity contribution in [3.05, 3.63) is 24.2 Å². The van der Waals surface area contributed by atoms with E-state index in [1.807, 2.05) is 26.0 Å². The third-order valence-electron chi connectivity index (χ3n) is 4.37. The van der Waals surface area contributed by atoms with Crippen LogP contribution in [0.4, 0.5) is 0 Å². The van der Waals surface area contributed by atoms with E-state index in [1.165, 1.54) is 0 Å². The van der Waals surface area contributed by atoms with Crippen molar-refractivity contribution in [3.63, 3.8) is 0 Å². The van der Waals surface area contributed by atoms with Crippen LogP contribution in [0.25, 0.3) is 0 Å². The first-order chi connectivity index (χ1) is 9.26. The van der Waals surface area contributed by atoms with Crippen molar-refractivity contribution in [2.75, 3.05) is 13.1 Å². The maximum Gasteiger partial charge on any atom is 0.117 e. The number of nitrogens with zero attached hydrogens (tertiary/aromatic N) is 1. The van der Waals surface area contributed by atoms with Gasteiger partial charge in [-0.1, -0.05) is 6.92 Å². The van der Waals surface area contributed by atoms with Crippen LogP contribution < -0.4 is 0 Å². The molecule has 1 aromatic rings. The summed E-state index contributed by atoms with van der Waals surface area (Å²) in [6.45, 7) is 12.7. The van der Waals surface area contributed by atoms with Crippen LogP contribution in [0.15, 0.2) is 22.8 Å². The van der Waals surface area contributed by atoms with Crippen LogP contribution in [-0.2, 0) is 11.3 Å². The second kappa shape index (κ2) is 5.51. The predicted octanol–water partition coefficient (Wildman–Crippen LogP) is 2.67. The Bertz CT molecular complexity index is 425. The Morgan fingerprint density at radius 1 is 1.25 bits per heavy atom. The van der Waals surface area contributed by atoms with Crippen molar-refractivity contribution in [2.24, 2.45) is 5.92 Å². The van der Waals surface area contributed by atoms with Gasteiger partial charge < -0.3 is 14.3 Å². The van der Waals surface area contributed by atoms with Gasteiger partial charge in [0.2, 0.25) is 0 Å². The molecule has 1 N–H and O–H groups in total. The number of rotatable bonds is 5. The highest BCUT2D eigenvalue weighted by Gasteiger charge is 2.53. The second-order valence-electron chi connectivity index (χ2n) is 6.77.